The van der Waals surface area contributed by atoms with Crippen molar-refractivity contribution >= 4 is 23.7 Å². The molecule has 0 bridgehead atoms. The molecule has 1 fully saturated rings. The number of nitrogens with one attached hydrogen (secondary N) is 1. The summed E-state index contributed by atoms with van der Waals surface area (Å²) in [6.07, 6.45) is -19.7. The van der Waals surface area contributed by atoms with E-state index in [1.54, 1.807) is 13.8 Å². The maximum Gasteiger partial charge on any atom is 0.416 e. The number of nitrogens with zero attached hydrogens (tertiary/aromatic N) is 2. The van der Waals surface area contributed by atoms with Crippen molar-refractivity contribution in [3.8, 4) is 0 Å². The van der Waals surface area contributed by atoms with Crippen LogP contribution in [0.2, 0.25) is 0 Å². The van der Waals surface area contributed by atoms with Crippen molar-refractivity contribution in [2.45, 2.75) is 71.0 Å². The number of hydrogen-bond donors (Lipinski definition) is 2. The zero-order chi connectivity index (χ0) is 33.6. The van der Waals surface area contributed by atoms with Crippen molar-refractivity contribution in [2.75, 3.05) is 31.5 Å². The van der Waals surface area contributed by atoms with Gasteiger partial charge >= 0.3 is 36.6 Å². The molecule has 250 valence electrons. The second-order valence-corrected chi connectivity index (χ2v) is 10.4. The summed E-state index contributed by atoms with van der Waals surface area (Å²) < 4.78 is 132. The zero-order valence-electron chi connectivity index (χ0n) is 23.8. The molecule has 2 N–H and O–H groups in total. The molecule has 0 saturated carbocycles. The number of carboxylic acid groups (broad SMARTS) is 1. The van der Waals surface area contributed by atoms with E-state index in [2.05, 4.69) is 5.32 Å². The van der Waals surface area contributed by atoms with Gasteiger partial charge in [0.05, 0.1) is 11.5 Å². The largest absolute Gasteiger partial charge is 0.465 e. The van der Waals surface area contributed by atoms with E-state index in [-0.39, 0.29) is 30.6 Å². The summed E-state index contributed by atoms with van der Waals surface area (Å²) >= 11 is 0. The highest BCUT2D eigenvalue weighted by Gasteiger charge is 2.62. The molecule has 9 nitrogen and oxygen atoms in total. The van der Waals surface area contributed by atoms with Crippen LogP contribution in [-0.4, -0.2) is 83.8 Å². The fourth-order valence-electron chi connectivity index (χ4n) is 4.45. The first kappa shape index (κ1) is 36.8. The number of alkyl halides is 9. The highest BCUT2D eigenvalue weighted by molar-refractivity contribution is 5.72. The van der Waals surface area contributed by atoms with Gasteiger partial charge in [-0.3, -0.25) is 14.5 Å². The molecule has 1 aliphatic heterocycles. The Bertz CT molecular complexity index is 1140. The molecule has 0 spiro atoms. The monoisotopic (exact) mass is 653 g/mol. The Morgan fingerprint density at radius 3 is 2.11 bits per heavy atom. The Labute approximate surface area is 246 Å². The Morgan fingerprint density at radius 1 is 0.977 bits per heavy atom. The van der Waals surface area contributed by atoms with Crippen molar-refractivity contribution in [3.63, 3.8) is 0 Å². The van der Waals surface area contributed by atoms with Gasteiger partial charge in [-0.25, -0.2) is 4.79 Å². The summed E-state index contributed by atoms with van der Waals surface area (Å²) in [6, 6.07) is -0.266. The van der Waals surface area contributed by atoms with Crippen LogP contribution in [0.5, 0.6) is 0 Å². The van der Waals surface area contributed by atoms with E-state index >= 15 is 0 Å². The van der Waals surface area contributed by atoms with Gasteiger partial charge in [-0.1, -0.05) is 19.9 Å². The zero-order valence-corrected chi connectivity index (χ0v) is 23.8. The number of amides is 1. The van der Waals surface area contributed by atoms with Crippen LogP contribution < -0.4 is 5.32 Å². The summed E-state index contributed by atoms with van der Waals surface area (Å²) in [7, 11) is 0. The Morgan fingerprint density at radius 2 is 1.59 bits per heavy atom. The summed E-state index contributed by atoms with van der Waals surface area (Å²) in [6.45, 7) is 1.44. The fraction of sp³-hybridized carbons (Fsp3) is 0.654. The van der Waals surface area contributed by atoms with Crippen LogP contribution in [0.3, 0.4) is 0 Å². The lowest BCUT2D eigenvalue weighted by molar-refractivity contribution is -0.302. The molecule has 2 rings (SSSR count). The van der Waals surface area contributed by atoms with Crippen LogP contribution in [0, 0.1) is 11.8 Å². The third-order valence-electron chi connectivity index (χ3n) is 6.63. The number of ether oxygens (including phenoxy) is 2. The fourth-order valence-corrected chi connectivity index (χ4v) is 4.45. The lowest BCUT2D eigenvalue weighted by atomic mass is 9.93. The average Bonchev–Trinajstić information content (AvgIpc) is 2.85. The molecule has 1 heterocycles. The molecule has 44 heavy (non-hydrogen) atoms. The van der Waals surface area contributed by atoms with Crippen LogP contribution in [0.4, 0.5) is 50.0 Å². The number of carbonyl (C=O) groups excluding carboxylic acids is 2. The summed E-state index contributed by atoms with van der Waals surface area (Å²) in [5.41, 5.74) is -1.51. The molecule has 1 aliphatic rings. The minimum absolute atomic E-state index is 0.0243. The molecule has 18 heteroatoms. The van der Waals surface area contributed by atoms with Crippen LogP contribution in [0.25, 0.3) is 0 Å². The first-order valence-corrected chi connectivity index (χ1v) is 13.3. The van der Waals surface area contributed by atoms with E-state index in [4.69, 9.17) is 9.47 Å². The minimum atomic E-state index is -5.80. The van der Waals surface area contributed by atoms with Crippen molar-refractivity contribution in [2.24, 2.45) is 11.8 Å². The highest BCUT2D eigenvalue weighted by Crippen LogP contribution is 2.44. The van der Waals surface area contributed by atoms with Crippen molar-refractivity contribution < 1.29 is 68.5 Å². The van der Waals surface area contributed by atoms with E-state index < -0.39 is 92.5 Å². The van der Waals surface area contributed by atoms with Crippen molar-refractivity contribution in [1.82, 2.24) is 9.80 Å². The number of halogens is 9. The molecule has 1 saturated heterocycles. The lowest BCUT2D eigenvalue weighted by Crippen LogP contribution is -2.62. The molecule has 1 amide bonds. The molecule has 1 aromatic carbocycles. The van der Waals surface area contributed by atoms with Gasteiger partial charge in [-0.2, -0.15) is 39.5 Å². The number of carbonyl (C=O) groups is 3. The number of piperazine rings is 1. The molecular weight excluding hydrogens is 621 g/mol. The predicted octanol–water partition coefficient (Wildman–Crippen LogP) is 5.89. The van der Waals surface area contributed by atoms with Crippen LogP contribution >= 0.6 is 0 Å². The van der Waals surface area contributed by atoms with Crippen LogP contribution in [0.1, 0.15) is 44.7 Å². The summed E-state index contributed by atoms with van der Waals surface area (Å²) in [5, 5.41) is 11.8. The second kappa shape index (κ2) is 14.6. The van der Waals surface area contributed by atoms with Crippen LogP contribution in [-0.2, 0) is 31.8 Å². The summed E-state index contributed by atoms with van der Waals surface area (Å²) in [4.78, 5) is 36.2. The van der Waals surface area contributed by atoms with Gasteiger partial charge < -0.3 is 24.8 Å². The van der Waals surface area contributed by atoms with Crippen molar-refractivity contribution in [1.29, 1.82) is 0 Å². The molecule has 1 aromatic rings. The maximum atomic E-state index is 13.6. The number of benzene rings is 1. The van der Waals surface area contributed by atoms with Gasteiger partial charge in [-0.15, -0.1) is 0 Å². The van der Waals surface area contributed by atoms with Gasteiger partial charge in [0.1, 0.15) is 0 Å². The van der Waals surface area contributed by atoms with Crippen LogP contribution in [0.15, 0.2) is 18.2 Å². The van der Waals surface area contributed by atoms with E-state index in [0.29, 0.717) is 17.0 Å². The maximum absolute atomic E-state index is 13.6. The quantitative estimate of drug-likeness (QED) is 0.132. The smallest absolute Gasteiger partial charge is 0.416 e. The Balaban J connectivity index is 2.25. The number of esters is 2. The van der Waals surface area contributed by atoms with Gasteiger partial charge in [0.2, 0.25) is 6.29 Å². The minimum Gasteiger partial charge on any atom is -0.465 e. The molecule has 0 radical (unpaired) electrons. The molecule has 2 unspecified atom stereocenters. The predicted molar refractivity (Wildman–Crippen MR) is 135 cm³/mol. The molecular formula is C26H32F9N3O6. The SMILES string of the molecule is CC(OC(=O)CCCNc1cc(C(F)(F)F)ccc1CN1CCN(C(=O)O)CC1C(C(F)(F)F)C(F)(F)F)OC(=O)C(C)C. The normalized spacial score (nSPS) is 17.5. The van der Waals surface area contributed by atoms with E-state index in [9.17, 15) is 59.0 Å². The molecule has 2 atom stereocenters. The van der Waals surface area contributed by atoms with Gasteiger partial charge in [0.25, 0.3) is 0 Å². The highest BCUT2D eigenvalue weighted by atomic mass is 19.4. The van der Waals surface area contributed by atoms with Crippen molar-refractivity contribution in [3.05, 3.63) is 29.3 Å². The van der Waals surface area contributed by atoms with E-state index in [0.717, 1.165) is 11.0 Å². The topological polar surface area (TPSA) is 108 Å². The average molecular weight is 654 g/mol. The van der Waals surface area contributed by atoms with E-state index in [1.807, 2.05) is 0 Å². The number of anilines is 1. The standard InChI is InChI=1S/C26H32F9N3O6/c1-14(2)22(40)44-15(3)43-20(39)5-4-8-36-18-11-17(24(27,28)29)7-6-16(18)12-37-9-10-38(23(41)42)13-19(37)21(25(30,31)32)26(33,34)35/h6-7,11,14-15,19,21,36H,4-5,8-10,12-13H2,1-3H3,(H,41,42). The lowest BCUT2D eigenvalue weighted by Gasteiger charge is -2.44. The van der Waals surface area contributed by atoms with Gasteiger partial charge in [0, 0.05) is 57.8 Å². The third-order valence-corrected chi connectivity index (χ3v) is 6.63. The number of rotatable bonds is 11. The molecule has 0 aromatic heterocycles. The number of hydrogen-bond acceptors (Lipinski definition) is 7. The third kappa shape index (κ3) is 10.6. The first-order valence-electron chi connectivity index (χ1n) is 13.3. The Kier molecular flexibility index (Phi) is 12.2. The van der Waals surface area contributed by atoms with Gasteiger partial charge in [0.15, 0.2) is 5.92 Å². The molecule has 0 aliphatic carbocycles. The second-order valence-electron chi connectivity index (χ2n) is 10.4. The Hall–Kier alpha value is -3.44. The summed E-state index contributed by atoms with van der Waals surface area (Å²) in [5.74, 6) is -5.83. The van der Waals surface area contributed by atoms with E-state index in [1.165, 1.54) is 6.92 Å². The first-order chi connectivity index (χ1) is 20.1. The van der Waals surface area contributed by atoms with Gasteiger partial charge in [-0.05, 0) is 24.1 Å².